The van der Waals surface area contributed by atoms with Crippen LogP contribution in [0.1, 0.15) is 6.42 Å². The normalized spacial score (nSPS) is 14.2. The van der Waals surface area contributed by atoms with Crippen LogP contribution in [0, 0.1) is 0 Å². The number of sulfonamides is 1. The lowest BCUT2D eigenvalue weighted by Crippen LogP contribution is -2.17. The van der Waals surface area contributed by atoms with Crippen molar-refractivity contribution in [2.75, 3.05) is 11.9 Å². The Bertz CT molecular complexity index is 1120. The van der Waals surface area contributed by atoms with E-state index in [2.05, 4.69) is 31.3 Å². The maximum absolute atomic E-state index is 12.4. The quantitative estimate of drug-likeness (QED) is 0.678. The molecule has 0 radical (unpaired) electrons. The standard InChI is InChI=1S/C17H15BrClN5O3S/c18-12-8-22-24(10-12)15-4-3-13(7-16(15)28(20,26)27)23-17(25)6-11-2-1-5-21-9-14(11)19/h1-4,7-10H,5-6H2,(H,23,25)(H2,20,26,27). The molecule has 0 saturated heterocycles. The Morgan fingerprint density at radius 1 is 1.39 bits per heavy atom. The molecule has 0 atom stereocenters. The number of aliphatic imine (C=N–C) groups is 1. The van der Waals surface area contributed by atoms with Crippen molar-refractivity contribution in [1.29, 1.82) is 0 Å². The third-order valence-corrected chi connectivity index (χ3v) is 5.43. The van der Waals surface area contributed by atoms with E-state index in [-0.39, 0.29) is 28.6 Å². The topological polar surface area (TPSA) is 119 Å². The van der Waals surface area contributed by atoms with Crippen LogP contribution in [0.25, 0.3) is 5.69 Å². The van der Waals surface area contributed by atoms with Gasteiger partial charge >= 0.3 is 0 Å². The molecule has 0 bridgehead atoms. The van der Waals surface area contributed by atoms with Crippen LogP contribution >= 0.6 is 27.5 Å². The molecule has 28 heavy (non-hydrogen) atoms. The Kier molecular flexibility index (Phi) is 6.14. The van der Waals surface area contributed by atoms with Gasteiger partial charge in [-0.2, -0.15) is 5.10 Å². The van der Waals surface area contributed by atoms with Gasteiger partial charge in [-0.3, -0.25) is 9.79 Å². The van der Waals surface area contributed by atoms with E-state index < -0.39 is 10.0 Å². The number of amides is 1. The molecule has 0 unspecified atom stereocenters. The number of hydrogen-bond acceptors (Lipinski definition) is 5. The molecule has 146 valence electrons. The van der Waals surface area contributed by atoms with Crippen LogP contribution < -0.4 is 10.5 Å². The summed E-state index contributed by atoms with van der Waals surface area (Å²) in [5.41, 5.74) is 1.16. The van der Waals surface area contributed by atoms with Crippen LogP contribution in [-0.2, 0) is 14.8 Å². The van der Waals surface area contributed by atoms with Gasteiger partial charge in [0.05, 0.1) is 34.4 Å². The van der Waals surface area contributed by atoms with Gasteiger partial charge in [-0.25, -0.2) is 18.2 Å². The van der Waals surface area contributed by atoms with E-state index in [4.69, 9.17) is 16.7 Å². The van der Waals surface area contributed by atoms with Crippen LogP contribution in [0.15, 0.2) is 67.7 Å². The summed E-state index contributed by atoms with van der Waals surface area (Å²) in [4.78, 5) is 16.3. The zero-order valence-electron chi connectivity index (χ0n) is 14.3. The molecular formula is C17H15BrClN5O3S. The number of aromatic nitrogens is 2. The monoisotopic (exact) mass is 483 g/mol. The maximum atomic E-state index is 12.4. The van der Waals surface area contributed by atoms with Gasteiger partial charge in [-0.1, -0.05) is 23.8 Å². The predicted molar refractivity (Wildman–Crippen MR) is 111 cm³/mol. The number of nitrogens with one attached hydrogen (secondary N) is 1. The summed E-state index contributed by atoms with van der Waals surface area (Å²) in [6.45, 7) is 0.490. The second-order valence-corrected chi connectivity index (χ2v) is 8.68. The summed E-state index contributed by atoms with van der Waals surface area (Å²) in [6, 6.07) is 4.37. The van der Waals surface area contributed by atoms with Gasteiger partial charge in [0.25, 0.3) is 0 Å². The number of halogens is 2. The molecule has 11 heteroatoms. The van der Waals surface area contributed by atoms with Crippen molar-refractivity contribution in [1.82, 2.24) is 9.78 Å². The molecule has 1 amide bonds. The van der Waals surface area contributed by atoms with Crippen LogP contribution in [0.4, 0.5) is 5.69 Å². The van der Waals surface area contributed by atoms with E-state index in [9.17, 15) is 13.2 Å². The molecule has 3 rings (SSSR count). The van der Waals surface area contributed by atoms with Crippen LogP contribution in [0.5, 0.6) is 0 Å². The summed E-state index contributed by atoms with van der Waals surface area (Å²) in [6.07, 6.45) is 8.16. The third-order valence-electron chi connectivity index (χ3n) is 3.74. The molecule has 1 aromatic carbocycles. The first-order valence-corrected chi connectivity index (χ1v) is 10.7. The van der Waals surface area contributed by atoms with Crippen molar-refractivity contribution >= 4 is 55.4 Å². The number of nitrogens with two attached hydrogens (primary N) is 1. The minimum absolute atomic E-state index is 0.0138. The number of carbonyl (C=O) groups excluding carboxylic acids is 1. The molecule has 1 aromatic heterocycles. The fourth-order valence-corrected chi connectivity index (χ4v) is 3.74. The van der Waals surface area contributed by atoms with Crippen molar-refractivity contribution < 1.29 is 13.2 Å². The molecule has 2 aromatic rings. The molecule has 0 fully saturated rings. The van der Waals surface area contributed by atoms with Gasteiger partial charge in [0.1, 0.15) is 4.90 Å². The average molecular weight is 485 g/mol. The number of primary sulfonamides is 1. The first-order valence-electron chi connectivity index (χ1n) is 7.96. The van der Waals surface area contributed by atoms with Gasteiger partial charge in [0.2, 0.25) is 15.9 Å². The van der Waals surface area contributed by atoms with Gasteiger partial charge in [-0.05, 0) is 39.7 Å². The molecule has 1 aliphatic heterocycles. The Labute approximate surface area is 175 Å². The Morgan fingerprint density at radius 3 is 2.86 bits per heavy atom. The lowest BCUT2D eigenvalue weighted by molar-refractivity contribution is -0.115. The first-order chi connectivity index (χ1) is 13.2. The van der Waals surface area contributed by atoms with Crippen LogP contribution in [-0.4, -0.2) is 36.9 Å². The number of nitrogens with zero attached hydrogens (tertiary/aromatic N) is 3. The average Bonchev–Trinajstić information content (AvgIpc) is 2.95. The Morgan fingerprint density at radius 2 is 2.18 bits per heavy atom. The largest absolute Gasteiger partial charge is 0.326 e. The summed E-state index contributed by atoms with van der Waals surface area (Å²) in [5, 5.41) is 12.5. The van der Waals surface area contributed by atoms with E-state index in [1.165, 1.54) is 29.2 Å². The lowest BCUT2D eigenvalue weighted by atomic mass is 10.1. The summed E-state index contributed by atoms with van der Waals surface area (Å²) in [5.74, 6) is -0.358. The Balaban J connectivity index is 1.87. The van der Waals surface area contributed by atoms with E-state index >= 15 is 0 Å². The van der Waals surface area contributed by atoms with E-state index in [0.29, 0.717) is 21.6 Å². The molecule has 0 aliphatic carbocycles. The Hall–Kier alpha value is -2.27. The minimum atomic E-state index is -4.06. The molecular weight excluding hydrogens is 470 g/mol. The molecule has 8 nitrogen and oxygen atoms in total. The zero-order chi connectivity index (χ0) is 20.3. The van der Waals surface area contributed by atoms with E-state index in [0.717, 1.165) is 0 Å². The van der Waals surface area contributed by atoms with Crippen LogP contribution in [0.2, 0.25) is 0 Å². The number of allylic oxidation sites excluding steroid dienone is 2. The van der Waals surface area contributed by atoms with E-state index in [1.807, 2.05) is 0 Å². The summed E-state index contributed by atoms with van der Waals surface area (Å²) >= 11 is 9.36. The highest BCUT2D eigenvalue weighted by atomic mass is 79.9. The number of anilines is 1. The van der Waals surface area contributed by atoms with Gasteiger partial charge in [-0.15, -0.1) is 0 Å². The highest BCUT2D eigenvalue weighted by Crippen LogP contribution is 2.25. The fraction of sp³-hybridized carbons (Fsp3) is 0.118. The van der Waals surface area contributed by atoms with Crippen LogP contribution in [0.3, 0.4) is 0 Å². The number of rotatable bonds is 5. The molecule has 0 spiro atoms. The SMILES string of the molecule is NS(=O)(=O)c1cc(NC(=O)CC2=C(Cl)C=NCC=C2)ccc1-n1cc(Br)cn1. The fourth-order valence-electron chi connectivity index (χ4n) is 2.51. The van der Waals surface area contributed by atoms with Crippen molar-refractivity contribution in [3.63, 3.8) is 0 Å². The van der Waals surface area contributed by atoms with Crippen molar-refractivity contribution in [3.05, 3.63) is 57.8 Å². The first kappa shape index (κ1) is 20.5. The second kappa shape index (κ2) is 8.39. The molecule has 0 saturated carbocycles. The third kappa shape index (κ3) is 4.96. The predicted octanol–water partition coefficient (Wildman–Crippen LogP) is 2.74. The summed E-state index contributed by atoms with van der Waals surface area (Å²) in [7, 11) is -4.06. The van der Waals surface area contributed by atoms with Crippen molar-refractivity contribution in [2.45, 2.75) is 11.3 Å². The number of benzene rings is 1. The molecule has 2 heterocycles. The van der Waals surface area contributed by atoms with Crippen molar-refractivity contribution in [3.8, 4) is 5.69 Å². The summed E-state index contributed by atoms with van der Waals surface area (Å²) < 4.78 is 26.1. The van der Waals surface area contributed by atoms with Crippen molar-refractivity contribution in [2.24, 2.45) is 10.1 Å². The van der Waals surface area contributed by atoms with Gasteiger partial charge in [0, 0.05) is 18.1 Å². The van der Waals surface area contributed by atoms with E-state index in [1.54, 1.807) is 24.4 Å². The maximum Gasteiger partial charge on any atom is 0.240 e. The van der Waals surface area contributed by atoms with Gasteiger partial charge in [0.15, 0.2) is 0 Å². The zero-order valence-corrected chi connectivity index (χ0v) is 17.5. The minimum Gasteiger partial charge on any atom is -0.326 e. The second-order valence-electron chi connectivity index (χ2n) is 5.83. The molecule has 1 aliphatic rings. The number of hydrogen-bond donors (Lipinski definition) is 2. The number of carbonyl (C=O) groups is 1. The smallest absolute Gasteiger partial charge is 0.240 e. The van der Waals surface area contributed by atoms with Gasteiger partial charge < -0.3 is 5.32 Å². The highest BCUT2D eigenvalue weighted by Gasteiger charge is 2.18. The molecule has 3 N–H and O–H groups in total. The lowest BCUT2D eigenvalue weighted by Gasteiger charge is -2.12. The highest BCUT2D eigenvalue weighted by molar-refractivity contribution is 9.10.